The van der Waals surface area contributed by atoms with E-state index < -0.39 is 172 Å². The van der Waals surface area contributed by atoms with Gasteiger partial charge in [0.2, 0.25) is 70.9 Å². The molecule has 0 aromatic heterocycles. The molecule has 536 valence electrons. The van der Waals surface area contributed by atoms with Crippen LogP contribution in [0.15, 0.2) is 18.2 Å². The first kappa shape index (κ1) is 77.9. The third kappa shape index (κ3) is 17.8. The molecule has 4 saturated heterocycles. The molecule has 1 aromatic rings. The maximum Gasteiger partial charge on any atom is 0.417 e. The molecular weight excluding hydrogens is 1270 g/mol. The van der Waals surface area contributed by atoms with Crippen LogP contribution in [0.5, 0.6) is 0 Å². The number of likely N-dealkylation sites (tertiary alicyclic amines) is 1. The summed E-state index contributed by atoms with van der Waals surface area (Å²) in [7, 11) is 9.79. The summed E-state index contributed by atoms with van der Waals surface area (Å²) in [6, 6.07) is -7.96. The monoisotopic (exact) mass is 1370 g/mol. The maximum atomic E-state index is 15.2. The highest BCUT2D eigenvalue weighted by Gasteiger charge is 2.50. The lowest BCUT2D eigenvalue weighted by Crippen LogP contribution is -2.65. The molecule has 1 aliphatic carbocycles. The van der Waals surface area contributed by atoms with Crippen molar-refractivity contribution in [3.05, 3.63) is 34.3 Å². The van der Waals surface area contributed by atoms with E-state index in [1.807, 2.05) is 6.92 Å². The van der Waals surface area contributed by atoms with Crippen molar-refractivity contribution in [2.45, 2.75) is 224 Å². The molecule has 5 fully saturated rings. The number of nitrogens with one attached hydrogen (secondary N) is 2. The zero-order chi connectivity index (χ0) is 71.7. The number of piperidine rings is 1. The van der Waals surface area contributed by atoms with Crippen LogP contribution >= 0.6 is 11.6 Å². The lowest BCUT2D eigenvalue weighted by molar-refractivity contribution is -0.160. The molecule has 28 heteroatoms. The van der Waals surface area contributed by atoms with Gasteiger partial charge in [-0.2, -0.15) is 13.2 Å². The summed E-state index contributed by atoms with van der Waals surface area (Å²) in [6.45, 7) is 13.1. The summed E-state index contributed by atoms with van der Waals surface area (Å²) in [6.07, 6.45) is 2.22. The Morgan fingerprint density at radius 3 is 1.82 bits per heavy atom. The van der Waals surface area contributed by atoms with E-state index >= 15 is 14.4 Å². The number of hydrogen-bond acceptors (Lipinski definition) is 12. The van der Waals surface area contributed by atoms with Gasteiger partial charge in [0.1, 0.15) is 59.9 Å². The molecule has 4 heterocycles. The van der Waals surface area contributed by atoms with Crippen LogP contribution < -0.4 is 10.6 Å². The van der Waals surface area contributed by atoms with Crippen LogP contribution in [0.4, 0.5) is 13.2 Å². The number of alkyl halides is 3. The molecule has 0 spiro atoms. The topological polar surface area (TPSA) is 261 Å². The van der Waals surface area contributed by atoms with Crippen molar-refractivity contribution in [1.82, 2.24) is 59.6 Å². The molecule has 4 aliphatic heterocycles. The molecule has 0 bridgehead atoms. The minimum absolute atomic E-state index is 0.0197. The molecule has 5 aliphatic rings. The second-order valence-corrected chi connectivity index (χ2v) is 28.6. The van der Waals surface area contributed by atoms with Gasteiger partial charge < -0.3 is 59.6 Å². The van der Waals surface area contributed by atoms with Crippen LogP contribution in [0.2, 0.25) is 5.02 Å². The highest BCUT2D eigenvalue weighted by molar-refractivity contribution is 6.31. The molecule has 2 N–H and O–H groups in total. The van der Waals surface area contributed by atoms with Gasteiger partial charge in [-0.3, -0.25) is 57.5 Å². The fourth-order valence-corrected chi connectivity index (χ4v) is 14.2. The quantitative estimate of drug-likeness (QED) is 0.338. The number of carbonyl (C=O) groups excluding carboxylic acids is 12. The van der Waals surface area contributed by atoms with Gasteiger partial charge in [-0.05, 0) is 121 Å². The van der Waals surface area contributed by atoms with Crippen molar-refractivity contribution in [2.75, 3.05) is 82.1 Å². The Labute approximate surface area is 568 Å². The summed E-state index contributed by atoms with van der Waals surface area (Å²) in [5.74, 6) is -9.02. The Balaban J connectivity index is 1.41. The van der Waals surface area contributed by atoms with Gasteiger partial charge in [0, 0.05) is 75.5 Å². The number of fused-ring (bicyclic) bond motifs is 2. The molecule has 1 aromatic carbocycles. The zero-order valence-corrected chi connectivity index (χ0v) is 59.6. The SMILES string of the molecule is CC[C@H](C)[C@@H]1NC(=O)[C@H](C)N(C)C(=O)C[C@@H](C(=O)N2CCCCC2)N(C)C(=O)[C@H](C(C)C)N(C)C(=O)C(C)(C)N(C)C(=O)[C@@H]2CCCN2C(=O)[C@H](CCc2ccc(C(F)(F)F)c(Cl)c2)NC(=O)CN(C)C(=O)[C@H](CC2CCCCC2)N(C)C(=O)[C@@H]2CCN2C(=O)[C@H](C)N(C)C1=O. The Morgan fingerprint density at radius 2 is 1.25 bits per heavy atom. The predicted octanol–water partition coefficient (Wildman–Crippen LogP) is 4.81. The Hall–Kier alpha value is -7.06. The third-order valence-corrected chi connectivity index (χ3v) is 21.4. The Morgan fingerprint density at radius 1 is 0.646 bits per heavy atom. The second-order valence-electron chi connectivity index (χ2n) is 28.2. The molecule has 10 atom stereocenters. The van der Waals surface area contributed by atoms with E-state index in [0.29, 0.717) is 44.3 Å². The number of nitrogens with zero attached hydrogens (tertiary/aromatic N) is 10. The van der Waals surface area contributed by atoms with E-state index in [1.54, 1.807) is 25.7 Å². The molecule has 0 unspecified atom stereocenters. The molecule has 96 heavy (non-hydrogen) atoms. The van der Waals surface area contributed by atoms with E-state index in [-0.39, 0.29) is 51.1 Å². The van der Waals surface area contributed by atoms with Crippen molar-refractivity contribution in [3.63, 3.8) is 0 Å². The van der Waals surface area contributed by atoms with Crippen molar-refractivity contribution in [3.8, 4) is 0 Å². The van der Waals surface area contributed by atoms with Crippen molar-refractivity contribution in [2.24, 2.45) is 17.8 Å². The summed E-state index contributed by atoms with van der Waals surface area (Å²) in [5.41, 5.74) is -2.52. The number of carbonyl (C=O) groups is 12. The van der Waals surface area contributed by atoms with Crippen molar-refractivity contribution < 1.29 is 70.7 Å². The molecular formula is C68H104ClF3N12O12. The van der Waals surface area contributed by atoms with E-state index in [4.69, 9.17) is 11.6 Å². The van der Waals surface area contributed by atoms with Crippen LogP contribution in [0.3, 0.4) is 0 Å². The standard InChI is InChI=1S/C68H104ClF3N12O12/c1-16-41(4)55-64(94)77(11)43(6)58(88)84-35-31-50(84)61(91)78(12)51(37-44-24-19-17-20-25-44)60(90)75(9)39-53(85)73-48(30-28-45-27-29-46(47(69)36-45)68(70,71)72)59(89)83-34-23-26-49(83)62(92)81(15)67(7,8)66(96)80(14)56(40(2)3)65(95)79(13)52(63(93)82-32-21-18-22-33-82)38-54(86)76(10)42(5)57(87)74-55/h27,29,36,40-44,48-52,55-56H,16-26,28,30-35,37-39H2,1-15H3,(H,73,85)(H,74,87)/t41-,42-,43-,48-,49-,50-,51-,52-,55-,56-/m0/s1. The Kier molecular flexibility index (Phi) is 26.8. The summed E-state index contributed by atoms with van der Waals surface area (Å²) < 4.78 is 41.5. The predicted molar refractivity (Wildman–Crippen MR) is 353 cm³/mol. The average Bonchev–Trinajstić information content (AvgIpc) is 1.06. The Bertz CT molecular complexity index is 3050. The van der Waals surface area contributed by atoms with Crippen molar-refractivity contribution in [1.29, 1.82) is 0 Å². The number of aryl methyl sites for hydroxylation is 1. The average molecular weight is 1370 g/mol. The minimum atomic E-state index is -4.76. The first-order valence-corrected chi connectivity index (χ1v) is 34.5. The van der Waals surface area contributed by atoms with Crippen LogP contribution in [-0.2, 0) is 70.1 Å². The normalized spacial score (nSPS) is 27.8. The molecule has 1 saturated carbocycles. The van der Waals surface area contributed by atoms with Crippen LogP contribution in [0, 0.1) is 17.8 Å². The molecule has 12 amide bonds. The molecule has 24 nitrogen and oxygen atoms in total. The van der Waals surface area contributed by atoms with E-state index in [0.717, 1.165) is 65.4 Å². The van der Waals surface area contributed by atoms with Gasteiger partial charge in [-0.15, -0.1) is 0 Å². The van der Waals surface area contributed by atoms with Gasteiger partial charge in [-0.1, -0.05) is 83.9 Å². The summed E-state index contributed by atoms with van der Waals surface area (Å²) in [5, 5.41) is 4.99. The van der Waals surface area contributed by atoms with Crippen LogP contribution in [-0.4, -0.2) is 262 Å². The number of likely N-dealkylation sites (N-methyl/N-ethyl adjacent to an activating group) is 7. The van der Waals surface area contributed by atoms with Gasteiger partial charge in [0.25, 0.3) is 0 Å². The number of halogens is 4. The van der Waals surface area contributed by atoms with Crippen molar-refractivity contribution >= 4 is 82.5 Å². The second kappa shape index (κ2) is 33.0. The third-order valence-electron chi connectivity index (χ3n) is 21.1. The minimum Gasteiger partial charge on any atom is -0.343 e. The molecule has 0 radical (unpaired) electrons. The zero-order valence-electron chi connectivity index (χ0n) is 58.9. The maximum absolute atomic E-state index is 15.2. The number of benzene rings is 1. The first-order valence-electron chi connectivity index (χ1n) is 34.1. The lowest BCUT2D eigenvalue weighted by atomic mass is 9.84. The fraction of sp³-hybridized carbons (Fsp3) is 0.735. The number of hydrogen-bond donors (Lipinski definition) is 2. The van der Waals surface area contributed by atoms with Gasteiger partial charge in [0.15, 0.2) is 0 Å². The summed E-state index contributed by atoms with van der Waals surface area (Å²) in [4.78, 5) is 190. The lowest BCUT2D eigenvalue weighted by Gasteiger charge is -2.45. The van der Waals surface area contributed by atoms with Gasteiger partial charge >= 0.3 is 6.18 Å². The van der Waals surface area contributed by atoms with E-state index in [2.05, 4.69) is 10.6 Å². The molecule has 6 rings (SSSR count). The highest BCUT2D eigenvalue weighted by Crippen LogP contribution is 2.36. The number of rotatable bonds is 9. The van der Waals surface area contributed by atoms with E-state index in [9.17, 15) is 56.3 Å². The van der Waals surface area contributed by atoms with Crippen LogP contribution in [0.1, 0.15) is 163 Å². The van der Waals surface area contributed by atoms with Gasteiger partial charge in [-0.25, -0.2) is 0 Å². The summed E-state index contributed by atoms with van der Waals surface area (Å²) >= 11 is 6.13. The fourth-order valence-electron chi connectivity index (χ4n) is 13.9. The largest absolute Gasteiger partial charge is 0.417 e. The smallest absolute Gasteiger partial charge is 0.343 e. The number of amides is 12. The van der Waals surface area contributed by atoms with E-state index in [1.165, 1.54) is 112 Å². The highest BCUT2D eigenvalue weighted by atomic mass is 35.5. The van der Waals surface area contributed by atoms with Gasteiger partial charge in [0.05, 0.1) is 23.6 Å². The van der Waals surface area contributed by atoms with Crippen LogP contribution in [0.25, 0.3) is 0 Å². The first-order chi connectivity index (χ1) is 44.9.